The Labute approximate surface area is 95.9 Å². The molecule has 6 nitrogen and oxygen atoms in total. The summed E-state index contributed by atoms with van der Waals surface area (Å²) in [4.78, 5) is 17.9. The minimum absolute atomic E-state index is 0. The Hall–Kier alpha value is -0.452. The molecule has 2 N–H and O–H groups in total. The molecule has 0 radical (unpaired) electrons. The van der Waals surface area contributed by atoms with Crippen LogP contribution in [0.5, 0.6) is 0 Å². The second-order valence-corrected chi connectivity index (χ2v) is 2.72. The molecule has 2 atom stereocenters. The summed E-state index contributed by atoms with van der Waals surface area (Å²) in [5, 5.41) is 17.9. The summed E-state index contributed by atoms with van der Waals surface area (Å²) in [6.07, 6.45) is 3.00. The Balaban J connectivity index is 0. The van der Waals surface area contributed by atoms with Gasteiger partial charge in [-0.1, -0.05) is 19.3 Å². The van der Waals surface area contributed by atoms with Crippen molar-refractivity contribution in [3.05, 3.63) is 11.5 Å². The smallest absolute Gasteiger partial charge is 0.676 e. The molecule has 1 saturated carbocycles. The van der Waals surface area contributed by atoms with Gasteiger partial charge in [0.25, 0.3) is 0 Å². The molecule has 0 aromatic rings. The summed E-state index contributed by atoms with van der Waals surface area (Å²) in [6.45, 7) is 0. The maximum atomic E-state index is 8.93. The molecule has 2 unspecified atom stereocenters. The first-order valence-corrected chi connectivity index (χ1v) is 3.79. The van der Waals surface area contributed by atoms with E-state index in [1.54, 1.807) is 0 Å². The van der Waals surface area contributed by atoms with Crippen molar-refractivity contribution in [3.63, 3.8) is 0 Å². The number of nitrogens with one attached hydrogen (secondary N) is 2. The van der Waals surface area contributed by atoms with Gasteiger partial charge in [-0.3, -0.25) is 0 Å². The number of carboxylic acid groups (broad SMARTS) is 2. The Bertz CT molecular complexity index is 180. The largest absolute Gasteiger partial charge is 4.00 e. The van der Waals surface area contributed by atoms with Crippen LogP contribution >= 0.6 is 0 Å². The van der Waals surface area contributed by atoms with E-state index in [0.29, 0.717) is 0 Å². The molecule has 0 saturated heterocycles. The molecular weight excluding hydrogens is 371 g/mol. The van der Waals surface area contributed by atoms with Crippen LogP contribution < -0.4 is 10.2 Å². The van der Waals surface area contributed by atoms with Gasteiger partial charge in [-0.25, -0.2) is 0 Å². The van der Waals surface area contributed by atoms with Gasteiger partial charge in [-0.2, -0.15) is 12.1 Å². The fraction of sp³-hybridized carbons (Fsp3) is 0.714. The summed E-state index contributed by atoms with van der Waals surface area (Å²) in [5.74, 6) is -4.37. The van der Waals surface area contributed by atoms with Crippen LogP contribution in [0.4, 0.5) is 0 Å². The van der Waals surface area contributed by atoms with Crippen molar-refractivity contribution in [2.45, 2.75) is 31.3 Å². The predicted octanol–water partition coefficient (Wildman–Crippen LogP) is -1.50. The minimum Gasteiger partial charge on any atom is -0.676 e. The quantitative estimate of drug-likeness (QED) is 0.473. The van der Waals surface area contributed by atoms with Gasteiger partial charge in [0, 0.05) is 0 Å². The SMILES string of the molecule is O=C([O-])C(=O)[O-].[NH-]C1CCCC1[NH-].[Pt+4]. The summed E-state index contributed by atoms with van der Waals surface area (Å²) in [6, 6.07) is -0.139. The first-order chi connectivity index (χ1) is 5.95. The van der Waals surface area contributed by atoms with Crippen molar-refractivity contribution < 1.29 is 40.9 Å². The molecule has 1 aliphatic rings. The van der Waals surface area contributed by atoms with Crippen molar-refractivity contribution in [3.8, 4) is 0 Å². The van der Waals surface area contributed by atoms with Crippen molar-refractivity contribution in [2.75, 3.05) is 0 Å². The molecule has 14 heavy (non-hydrogen) atoms. The van der Waals surface area contributed by atoms with Crippen LogP contribution in [0.25, 0.3) is 11.5 Å². The van der Waals surface area contributed by atoms with Crippen LogP contribution in [0.2, 0.25) is 0 Å². The molecule has 7 heteroatoms. The number of aliphatic carboxylic acids is 2. The Morgan fingerprint density at radius 3 is 1.36 bits per heavy atom. The van der Waals surface area contributed by atoms with Gasteiger partial charge in [0.2, 0.25) is 0 Å². The van der Waals surface area contributed by atoms with E-state index < -0.39 is 11.9 Å². The Kier molecular flexibility index (Phi) is 9.03. The second kappa shape index (κ2) is 7.91. The third-order valence-corrected chi connectivity index (χ3v) is 1.68. The molecule has 0 aliphatic heterocycles. The molecule has 1 fully saturated rings. The summed E-state index contributed by atoms with van der Waals surface area (Å²) in [7, 11) is 0. The normalized spacial score (nSPS) is 24.1. The third kappa shape index (κ3) is 7.00. The maximum absolute atomic E-state index is 8.93. The van der Waals surface area contributed by atoms with Crippen LogP contribution in [-0.4, -0.2) is 24.0 Å². The molecule has 1 aliphatic carbocycles. The van der Waals surface area contributed by atoms with E-state index in [2.05, 4.69) is 0 Å². The van der Waals surface area contributed by atoms with Gasteiger partial charge < -0.3 is 31.3 Å². The van der Waals surface area contributed by atoms with Gasteiger partial charge in [-0.15, -0.1) is 0 Å². The second-order valence-electron chi connectivity index (χ2n) is 2.72. The molecule has 0 bridgehead atoms. The Morgan fingerprint density at radius 2 is 1.29 bits per heavy atom. The fourth-order valence-electron chi connectivity index (χ4n) is 0.960. The van der Waals surface area contributed by atoms with Gasteiger partial charge in [0.1, 0.15) is 0 Å². The zero-order chi connectivity index (χ0) is 10.4. The van der Waals surface area contributed by atoms with Crippen LogP contribution in [0.1, 0.15) is 19.3 Å². The average molecular weight is 381 g/mol. The van der Waals surface area contributed by atoms with E-state index in [9.17, 15) is 0 Å². The first kappa shape index (κ1) is 16.0. The van der Waals surface area contributed by atoms with Gasteiger partial charge in [0.15, 0.2) is 0 Å². The van der Waals surface area contributed by atoms with Gasteiger partial charge >= 0.3 is 21.1 Å². The van der Waals surface area contributed by atoms with E-state index in [0.717, 1.165) is 19.3 Å². The topological polar surface area (TPSA) is 128 Å². The van der Waals surface area contributed by atoms with Crippen molar-refractivity contribution in [2.24, 2.45) is 0 Å². The van der Waals surface area contributed by atoms with E-state index in [1.807, 2.05) is 0 Å². The number of carboxylic acids is 2. The van der Waals surface area contributed by atoms with Crippen LogP contribution in [0, 0.1) is 0 Å². The standard InChI is InChI=1S/C5H10N2.C2H2O4.Pt/c6-4-2-1-3-5(4)7;3-1(4)2(5)6;/h4-7H,1-3H2;(H,3,4)(H,5,6);/q-2;;+4/p-2. The monoisotopic (exact) mass is 381 g/mol. The van der Waals surface area contributed by atoms with Crippen molar-refractivity contribution >= 4 is 11.9 Å². The van der Waals surface area contributed by atoms with Crippen LogP contribution in [0.15, 0.2) is 0 Å². The first-order valence-electron chi connectivity index (χ1n) is 3.79. The zero-order valence-corrected chi connectivity index (χ0v) is 9.50. The number of hydrogen-bond donors (Lipinski definition) is 0. The van der Waals surface area contributed by atoms with E-state index in [1.165, 1.54) is 0 Å². The van der Waals surface area contributed by atoms with Crippen LogP contribution in [0.3, 0.4) is 0 Å². The van der Waals surface area contributed by atoms with Gasteiger partial charge in [0.05, 0.1) is 11.9 Å². The molecule has 0 aromatic heterocycles. The molecule has 82 valence electrons. The predicted molar refractivity (Wildman–Crippen MR) is 40.1 cm³/mol. The van der Waals surface area contributed by atoms with E-state index in [-0.39, 0.29) is 33.1 Å². The summed E-state index contributed by atoms with van der Waals surface area (Å²) < 4.78 is 0. The van der Waals surface area contributed by atoms with E-state index >= 15 is 0 Å². The number of carbonyl (C=O) groups is 2. The molecule has 0 heterocycles. The minimum atomic E-state index is -2.19. The summed E-state index contributed by atoms with van der Waals surface area (Å²) in [5.41, 5.74) is 14.3. The third-order valence-electron chi connectivity index (χ3n) is 1.68. The molecule has 0 aromatic carbocycles. The molecular formula is C7H10N2O4Pt. The maximum Gasteiger partial charge on any atom is 4.00 e. The molecule has 0 spiro atoms. The summed E-state index contributed by atoms with van der Waals surface area (Å²) >= 11 is 0. The van der Waals surface area contributed by atoms with E-state index in [4.69, 9.17) is 31.3 Å². The average Bonchev–Trinajstić information content (AvgIpc) is 2.37. The molecule has 1 rings (SSSR count). The van der Waals surface area contributed by atoms with Crippen molar-refractivity contribution in [1.82, 2.24) is 0 Å². The fourth-order valence-corrected chi connectivity index (χ4v) is 0.960. The zero-order valence-electron chi connectivity index (χ0n) is 7.23. The molecule has 0 amide bonds. The van der Waals surface area contributed by atoms with Crippen molar-refractivity contribution in [1.29, 1.82) is 0 Å². The Morgan fingerprint density at radius 1 is 1.00 bits per heavy atom. The van der Waals surface area contributed by atoms with Gasteiger partial charge in [-0.05, 0) is 0 Å². The number of rotatable bonds is 0. The number of carbonyl (C=O) groups excluding carboxylic acids is 2. The van der Waals surface area contributed by atoms with Crippen LogP contribution in [-0.2, 0) is 30.7 Å². The number of hydrogen-bond acceptors (Lipinski definition) is 4.